The Labute approximate surface area is 140 Å². The first-order chi connectivity index (χ1) is 11.1. The van der Waals surface area contributed by atoms with Crippen LogP contribution < -0.4 is 10.1 Å². The second-order valence-electron chi connectivity index (χ2n) is 5.52. The van der Waals surface area contributed by atoms with Crippen LogP contribution in [0.25, 0.3) is 10.6 Å². The number of carbonyl (C=O) groups excluding carboxylic acids is 1. The van der Waals surface area contributed by atoms with Gasteiger partial charge in [-0.1, -0.05) is 13.8 Å². The van der Waals surface area contributed by atoms with Crippen LogP contribution in [0.1, 0.15) is 24.3 Å². The molecule has 124 valence electrons. The number of hydrogen-bond donors (Lipinski definition) is 1. The van der Waals surface area contributed by atoms with Gasteiger partial charge in [0, 0.05) is 24.6 Å². The second-order valence-corrected chi connectivity index (χ2v) is 6.37. The van der Waals surface area contributed by atoms with Crippen molar-refractivity contribution in [1.82, 2.24) is 10.3 Å². The summed E-state index contributed by atoms with van der Waals surface area (Å²) in [4.78, 5) is 16.3. The summed E-state index contributed by atoms with van der Waals surface area (Å²) in [6.45, 7) is 5.89. The average molecular weight is 334 g/mol. The number of ether oxygens (including phenoxy) is 2. The van der Waals surface area contributed by atoms with E-state index in [1.807, 2.05) is 24.3 Å². The van der Waals surface area contributed by atoms with Gasteiger partial charge in [0.25, 0.3) is 5.91 Å². The zero-order valence-electron chi connectivity index (χ0n) is 13.7. The van der Waals surface area contributed by atoms with Crippen LogP contribution >= 0.6 is 11.3 Å². The van der Waals surface area contributed by atoms with Gasteiger partial charge in [-0.3, -0.25) is 4.79 Å². The van der Waals surface area contributed by atoms with Crippen molar-refractivity contribution in [3.05, 3.63) is 35.3 Å². The van der Waals surface area contributed by atoms with E-state index in [2.05, 4.69) is 24.1 Å². The molecule has 0 saturated heterocycles. The first-order valence-electron chi connectivity index (χ1n) is 7.56. The van der Waals surface area contributed by atoms with Gasteiger partial charge in [-0.15, -0.1) is 11.3 Å². The molecule has 0 aliphatic heterocycles. The molecular weight excluding hydrogens is 312 g/mol. The van der Waals surface area contributed by atoms with Gasteiger partial charge in [-0.05, 0) is 30.2 Å². The summed E-state index contributed by atoms with van der Waals surface area (Å²) in [7, 11) is 1.60. The molecule has 1 N–H and O–H groups in total. The highest BCUT2D eigenvalue weighted by Gasteiger charge is 2.11. The van der Waals surface area contributed by atoms with Crippen LogP contribution in [0, 0.1) is 5.92 Å². The van der Waals surface area contributed by atoms with Crippen LogP contribution in [0.4, 0.5) is 0 Å². The highest BCUT2D eigenvalue weighted by atomic mass is 32.1. The quantitative estimate of drug-likeness (QED) is 0.753. The van der Waals surface area contributed by atoms with E-state index in [9.17, 15) is 4.79 Å². The summed E-state index contributed by atoms with van der Waals surface area (Å²) in [5, 5.41) is 5.34. The van der Waals surface area contributed by atoms with Crippen molar-refractivity contribution in [2.75, 3.05) is 26.9 Å². The fourth-order valence-corrected chi connectivity index (χ4v) is 2.63. The summed E-state index contributed by atoms with van der Waals surface area (Å²) in [5.74, 6) is 1.16. The highest BCUT2D eigenvalue weighted by molar-refractivity contribution is 7.13. The number of carbonyl (C=O) groups is 1. The summed E-state index contributed by atoms with van der Waals surface area (Å²) in [5.41, 5.74) is 1.41. The maximum Gasteiger partial charge on any atom is 0.270 e. The van der Waals surface area contributed by atoms with Crippen LogP contribution in [0.3, 0.4) is 0 Å². The number of amides is 1. The van der Waals surface area contributed by atoms with E-state index < -0.39 is 0 Å². The molecule has 2 aromatic rings. The van der Waals surface area contributed by atoms with Crippen molar-refractivity contribution in [3.8, 4) is 16.3 Å². The van der Waals surface area contributed by atoms with Gasteiger partial charge >= 0.3 is 0 Å². The van der Waals surface area contributed by atoms with Crippen LogP contribution in [0.15, 0.2) is 29.6 Å². The van der Waals surface area contributed by atoms with E-state index >= 15 is 0 Å². The van der Waals surface area contributed by atoms with Crippen molar-refractivity contribution in [2.24, 2.45) is 5.92 Å². The molecule has 0 aliphatic rings. The first kappa shape index (κ1) is 17.4. The summed E-state index contributed by atoms with van der Waals surface area (Å²) in [6.07, 6.45) is 0. The topological polar surface area (TPSA) is 60.5 Å². The van der Waals surface area contributed by atoms with E-state index in [1.165, 1.54) is 11.3 Å². The molecule has 2 rings (SSSR count). The third-order valence-corrected chi connectivity index (χ3v) is 3.90. The summed E-state index contributed by atoms with van der Waals surface area (Å²) in [6, 6.07) is 7.77. The minimum absolute atomic E-state index is 0.179. The Morgan fingerprint density at radius 3 is 2.70 bits per heavy atom. The lowest BCUT2D eigenvalue weighted by atomic mass is 10.2. The molecule has 0 fully saturated rings. The summed E-state index contributed by atoms with van der Waals surface area (Å²) >= 11 is 1.45. The van der Waals surface area contributed by atoms with Crippen molar-refractivity contribution >= 4 is 17.2 Å². The Hall–Kier alpha value is -1.92. The molecule has 23 heavy (non-hydrogen) atoms. The van der Waals surface area contributed by atoms with Crippen molar-refractivity contribution in [3.63, 3.8) is 0 Å². The van der Waals surface area contributed by atoms with Crippen molar-refractivity contribution in [1.29, 1.82) is 0 Å². The standard InChI is InChI=1S/C17H22N2O3S/c1-12(2)10-22-14-6-4-13(5-7-14)17-19-15(11-23-17)16(20)18-8-9-21-3/h4-7,11-12H,8-10H2,1-3H3,(H,18,20). The van der Waals surface area contributed by atoms with Gasteiger partial charge in [0.1, 0.15) is 16.5 Å². The van der Waals surface area contributed by atoms with Crippen molar-refractivity contribution in [2.45, 2.75) is 13.8 Å². The molecule has 5 nitrogen and oxygen atoms in total. The molecule has 0 radical (unpaired) electrons. The van der Waals surface area contributed by atoms with E-state index in [0.29, 0.717) is 31.4 Å². The Kier molecular flexibility index (Phi) is 6.55. The fourth-order valence-electron chi connectivity index (χ4n) is 1.82. The monoisotopic (exact) mass is 334 g/mol. The lowest BCUT2D eigenvalue weighted by Gasteiger charge is -2.08. The van der Waals surface area contributed by atoms with Crippen LogP contribution in [-0.2, 0) is 4.74 Å². The van der Waals surface area contributed by atoms with E-state index in [-0.39, 0.29) is 5.91 Å². The minimum atomic E-state index is -0.179. The number of methoxy groups -OCH3 is 1. The molecule has 1 amide bonds. The zero-order chi connectivity index (χ0) is 16.7. The van der Waals surface area contributed by atoms with Crippen molar-refractivity contribution < 1.29 is 14.3 Å². The molecule has 6 heteroatoms. The molecule has 0 bridgehead atoms. The molecule has 0 unspecified atom stereocenters. The third kappa shape index (κ3) is 5.33. The maximum absolute atomic E-state index is 11.9. The fraction of sp³-hybridized carbons (Fsp3) is 0.412. The number of nitrogens with zero attached hydrogens (tertiary/aromatic N) is 1. The van der Waals surface area contributed by atoms with E-state index in [4.69, 9.17) is 9.47 Å². The Bertz CT molecular complexity index is 623. The SMILES string of the molecule is COCCNC(=O)c1csc(-c2ccc(OCC(C)C)cc2)n1. The van der Waals surface area contributed by atoms with Gasteiger partial charge in [-0.25, -0.2) is 4.98 Å². The average Bonchev–Trinajstić information content (AvgIpc) is 3.03. The largest absolute Gasteiger partial charge is 0.493 e. The molecule has 1 heterocycles. The predicted octanol–water partition coefficient (Wildman–Crippen LogP) is 3.22. The third-order valence-electron chi connectivity index (χ3n) is 3.01. The molecule has 0 saturated carbocycles. The van der Waals surface area contributed by atoms with Gasteiger partial charge in [0.05, 0.1) is 13.2 Å². The lowest BCUT2D eigenvalue weighted by Crippen LogP contribution is -2.27. The number of benzene rings is 1. The van der Waals surface area contributed by atoms with Crippen LogP contribution in [-0.4, -0.2) is 37.8 Å². The van der Waals surface area contributed by atoms with Gasteiger partial charge in [0.2, 0.25) is 0 Å². The van der Waals surface area contributed by atoms with E-state index in [1.54, 1.807) is 12.5 Å². The molecule has 1 aromatic heterocycles. The number of hydrogen-bond acceptors (Lipinski definition) is 5. The molecule has 0 aliphatic carbocycles. The lowest BCUT2D eigenvalue weighted by molar-refractivity contribution is 0.0933. The zero-order valence-corrected chi connectivity index (χ0v) is 14.5. The maximum atomic E-state index is 11.9. The number of rotatable bonds is 8. The Balaban J connectivity index is 1.98. The Morgan fingerprint density at radius 1 is 1.30 bits per heavy atom. The minimum Gasteiger partial charge on any atom is -0.493 e. The highest BCUT2D eigenvalue weighted by Crippen LogP contribution is 2.26. The smallest absolute Gasteiger partial charge is 0.270 e. The van der Waals surface area contributed by atoms with Crippen LogP contribution in [0.2, 0.25) is 0 Å². The van der Waals surface area contributed by atoms with Crippen LogP contribution in [0.5, 0.6) is 5.75 Å². The summed E-state index contributed by atoms with van der Waals surface area (Å²) < 4.78 is 10.6. The Morgan fingerprint density at radius 2 is 2.04 bits per heavy atom. The van der Waals surface area contributed by atoms with Gasteiger partial charge in [-0.2, -0.15) is 0 Å². The molecule has 0 atom stereocenters. The second kappa shape index (κ2) is 8.64. The normalized spacial score (nSPS) is 10.8. The number of thiazole rings is 1. The molecule has 1 aromatic carbocycles. The molecular formula is C17H22N2O3S. The first-order valence-corrected chi connectivity index (χ1v) is 8.44. The number of aromatic nitrogens is 1. The van der Waals surface area contributed by atoms with E-state index in [0.717, 1.165) is 16.3 Å². The van der Waals surface area contributed by atoms with Gasteiger partial charge in [0.15, 0.2) is 0 Å². The number of nitrogens with one attached hydrogen (secondary N) is 1. The van der Waals surface area contributed by atoms with Gasteiger partial charge < -0.3 is 14.8 Å². The molecule has 0 spiro atoms. The predicted molar refractivity (Wildman–Crippen MR) is 92.1 cm³/mol.